The molecule has 6 N–H and O–H groups in total. The highest BCUT2D eigenvalue weighted by Crippen LogP contribution is 2.48. The molecule has 0 aromatic carbocycles. The third-order valence-electron chi connectivity index (χ3n) is 8.72. The lowest BCUT2D eigenvalue weighted by molar-refractivity contribution is -0.165. The number of aromatic nitrogens is 2. The lowest BCUT2D eigenvalue weighted by Gasteiger charge is -2.48. The predicted molar refractivity (Wildman–Crippen MR) is 137 cm³/mol. The maximum atomic E-state index is 13.2. The molecule has 0 radical (unpaired) electrons. The van der Waals surface area contributed by atoms with E-state index in [9.17, 15) is 18.8 Å². The fraction of sp³-hybridized carbons (Fsp3) is 0.731. The van der Waals surface area contributed by atoms with Gasteiger partial charge in [-0.2, -0.15) is 0 Å². The van der Waals surface area contributed by atoms with Gasteiger partial charge in [-0.15, -0.1) is 0 Å². The molecule has 4 heterocycles. The quantitative estimate of drug-likeness (QED) is 0.265. The number of methoxy groups -OCH3 is 1. The summed E-state index contributed by atoms with van der Waals surface area (Å²) >= 11 is 0. The average Bonchev–Trinajstić information content (AvgIpc) is 3.73. The first-order valence-electron chi connectivity index (χ1n) is 13.7. The van der Waals surface area contributed by atoms with Crippen LogP contribution in [0.3, 0.4) is 0 Å². The minimum absolute atomic E-state index is 0.0563. The molecule has 14 heteroatoms. The molecule has 1 aromatic rings. The van der Waals surface area contributed by atoms with E-state index in [1.54, 1.807) is 7.11 Å². The number of aliphatic hydroxyl groups excluding tert-OH is 2. The largest absolute Gasteiger partial charge is 0.479 e. The van der Waals surface area contributed by atoms with Gasteiger partial charge in [-0.05, 0) is 62.7 Å². The molecule has 1 saturated carbocycles. The van der Waals surface area contributed by atoms with E-state index >= 15 is 0 Å². The number of nitrogens with zero attached hydrogens (tertiary/aromatic N) is 4. The van der Waals surface area contributed by atoms with Crippen LogP contribution < -0.4 is 10.6 Å². The number of aliphatic hydroxyl groups is 2. The number of anilines is 1. The molecule has 222 valence electrons. The van der Waals surface area contributed by atoms with E-state index in [1.807, 2.05) is 0 Å². The van der Waals surface area contributed by atoms with Crippen LogP contribution in [0.5, 0.6) is 0 Å². The molecule has 3 saturated heterocycles. The van der Waals surface area contributed by atoms with Crippen LogP contribution in [-0.4, -0.2) is 110 Å². The van der Waals surface area contributed by atoms with Crippen molar-refractivity contribution in [3.63, 3.8) is 0 Å². The van der Waals surface area contributed by atoms with Crippen LogP contribution in [-0.2, 0) is 19.1 Å². The molecule has 13 nitrogen and oxygen atoms in total. The van der Waals surface area contributed by atoms with Gasteiger partial charge in [0, 0.05) is 32.3 Å². The SMILES string of the molecule is CO[C@@H]1CN(c2ncc(F)cn2)CC[C@@H]1C1C[C@H]2CC[C@@H](C1)N2[C@@H](C(N)=O)C1CC1.O=C(O)[C@@H](O)[C@H](O)C(=O)O. The number of carboxylic acid groups (broad SMARTS) is 2. The number of carboxylic acids is 2. The number of hydrogen-bond acceptors (Lipinski definition) is 10. The Bertz CT molecular complexity index is 1030. The number of aliphatic carboxylic acids is 2. The molecule has 1 amide bonds. The maximum absolute atomic E-state index is 13.2. The molecule has 1 aromatic heterocycles. The zero-order valence-electron chi connectivity index (χ0n) is 22.4. The maximum Gasteiger partial charge on any atom is 0.335 e. The molecular formula is C26H38FN5O8. The monoisotopic (exact) mass is 567 g/mol. The Kier molecular flexibility index (Phi) is 9.54. The van der Waals surface area contributed by atoms with Crippen molar-refractivity contribution in [2.75, 3.05) is 25.1 Å². The molecule has 3 aliphatic heterocycles. The summed E-state index contributed by atoms with van der Waals surface area (Å²) in [6.45, 7) is 1.59. The number of primary amides is 1. The first-order chi connectivity index (χ1) is 19.0. The van der Waals surface area contributed by atoms with Crippen LogP contribution in [0, 0.1) is 23.6 Å². The Hall–Kier alpha value is -2.94. The summed E-state index contributed by atoms with van der Waals surface area (Å²) in [5, 5.41) is 32.5. The van der Waals surface area contributed by atoms with E-state index in [1.165, 1.54) is 25.2 Å². The van der Waals surface area contributed by atoms with E-state index < -0.39 is 30.0 Å². The van der Waals surface area contributed by atoms with Gasteiger partial charge in [0.05, 0.1) is 24.5 Å². The first-order valence-corrected chi connectivity index (χ1v) is 13.7. The van der Waals surface area contributed by atoms with Crippen molar-refractivity contribution in [2.24, 2.45) is 23.5 Å². The number of hydrogen-bond donors (Lipinski definition) is 5. The van der Waals surface area contributed by atoms with E-state index in [0.29, 0.717) is 35.8 Å². The van der Waals surface area contributed by atoms with E-state index in [4.69, 9.17) is 30.9 Å². The molecule has 40 heavy (non-hydrogen) atoms. The van der Waals surface area contributed by atoms with Gasteiger partial charge in [-0.3, -0.25) is 9.69 Å². The summed E-state index contributed by atoms with van der Waals surface area (Å²) in [6.07, 6.45) is 5.94. The second kappa shape index (κ2) is 12.7. The highest BCUT2D eigenvalue weighted by molar-refractivity contribution is 5.83. The van der Waals surface area contributed by atoms with Crippen molar-refractivity contribution in [3.05, 3.63) is 18.2 Å². The van der Waals surface area contributed by atoms with Gasteiger partial charge in [0.1, 0.15) is 0 Å². The third kappa shape index (κ3) is 6.67. The molecule has 4 aliphatic rings. The lowest BCUT2D eigenvalue weighted by Crippen LogP contribution is -2.57. The Labute approximate surface area is 231 Å². The van der Waals surface area contributed by atoms with Crippen LogP contribution in [0.2, 0.25) is 0 Å². The first kappa shape index (κ1) is 30.0. The van der Waals surface area contributed by atoms with Gasteiger partial charge in [-0.25, -0.2) is 23.9 Å². The highest BCUT2D eigenvalue weighted by atomic mass is 19.1. The summed E-state index contributed by atoms with van der Waals surface area (Å²) in [5.41, 5.74) is 5.82. The fourth-order valence-electron chi connectivity index (χ4n) is 6.74. The van der Waals surface area contributed by atoms with Crippen LogP contribution in [0.15, 0.2) is 12.4 Å². The minimum Gasteiger partial charge on any atom is -0.479 e. The van der Waals surface area contributed by atoms with Crippen LogP contribution in [0.1, 0.15) is 44.9 Å². The van der Waals surface area contributed by atoms with Crippen LogP contribution >= 0.6 is 0 Å². The standard InChI is InChI=1S/C22H32FN5O2.C4H6O6/c1-30-19-12-27(22-25-10-15(23)11-26-22)7-6-18(19)14-8-16-4-5-17(9-14)28(16)20(21(24)29)13-2-3-13;5-1(3(7)8)2(6)4(9)10/h10-11,13-14,16-20H,2-9,12H2,1H3,(H2,24,29);1-2,5-6H,(H,7,8)(H,9,10)/t14?,16-,17+,18-,19-,20-;1-,2-/m10/s1. The Morgan fingerprint density at radius 1 is 1.00 bits per heavy atom. The van der Waals surface area contributed by atoms with Gasteiger partial charge in [0.15, 0.2) is 18.0 Å². The second-order valence-corrected chi connectivity index (χ2v) is 11.2. The Morgan fingerprint density at radius 3 is 2.00 bits per heavy atom. The molecule has 4 fully saturated rings. The predicted octanol–water partition coefficient (Wildman–Crippen LogP) is -0.159. The summed E-state index contributed by atoms with van der Waals surface area (Å²) in [5.74, 6) is -1.94. The van der Waals surface area contributed by atoms with Crippen molar-refractivity contribution in [1.29, 1.82) is 0 Å². The van der Waals surface area contributed by atoms with Gasteiger partial charge in [0.2, 0.25) is 11.9 Å². The number of piperidine rings is 2. The topological polar surface area (TPSA) is 200 Å². The third-order valence-corrected chi connectivity index (χ3v) is 8.72. The van der Waals surface area contributed by atoms with Crippen molar-refractivity contribution in [3.8, 4) is 0 Å². The smallest absolute Gasteiger partial charge is 0.335 e. The molecule has 1 unspecified atom stereocenters. The van der Waals surface area contributed by atoms with Crippen molar-refractivity contribution < 1.29 is 43.9 Å². The Morgan fingerprint density at radius 2 is 1.55 bits per heavy atom. The zero-order chi connectivity index (χ0) is 29.1. The summed E-state index contributed by atoms with van der Waals surface area (Å²) in [6, 6.07) is 0.893. The lowest BCUT2D eigenvalue weighted by atomic mass is 9.74. The molecule has 1 aliphatic carbocycles. The van der Waals surface area contributed by atoms with E-state index in [0.717, 1.165) is 45.2 Å². The summed E-state index contributed by atoms with van der Waals surface area (Å²) in [7, 11) is 1.78. The molecule has 8 atom stereocenters. The number of ether oxygens (including phenoxy) is 1. The number of rotatable bonds is 9. The van der Waals surface area contributed by atoms with Gasteiger partial charge in [-0.1, -0.05) is 0 Å². The van der Waals surface area contributed by atoms with Crippen molar-refractivity contribution in [2.45, 2.75) is 81.4 Å². The number of fused-ring (bicyclic) bond motifs is 2. The van der Waals surface area contributed by atoms with E-state index in [-0.39, 0.29) is 18.1 Å². The van der Waals surface area contributed by atoms with E-state index in [2.05, 4.69) is 19.8 Å². The van der Waals surface area contributed by atoms with Gasteiger partial charge < -0.3 is 35.8 Å². The number of amides is 1. The number of carbonyl (C=O) groups excluding carboxylic acids is 1. The molecule has 2 bridgehead atoms. The summed E-state index contributed by atoms with van der Waals surface area (Å²) in [4.78, 5) is 44.6. The molecular weight excluding hydrogens is 529 g/mol. The molecule has 0 spiro atoms. The Balaban J connectivity index is 0.000000318. The second-order valence-electron chi connectivity index (χ2n) is 11.2. The summed E-state index contributed by atoms with van der Waals surface area (Å²) < 4.78 is 19.1. The van der Waals surface area contributed by atoms with Gasteiger partial charge in [0.25, 0.3) is 0 Å². The number of nitrogens with two attached hydrogens (primary N) is 1. The normalized spacial score (nSPS) is 30.5. The fourth-order valence-corrected chi connectivity index (χ4v) is 6.74. The van der Waals surface area contributed by atoms with Gasteiger partial charge >= 0.3 is 11.9 Å². The number of carbonyl (C=O) groups is 3. The average molecular weight is 568 g/mol. The molecule has 5 rings (SSSR count). The minimum atomic E-state index is -2.27. The number of halogens is 1. The van der Waals surface area contributed by atoms with Crippen molar-refractivity contribution >= 4 is 23.8 Å². The van der Waals surface area contributed by atoms with Crippen LogP contribution in [0.4, 0.5) is 10.3 Å². The highest BCUT2D eigenvalue weighted by Gasteiger charge is 2.52. The zero-order valence-corrected chi connectivity index (χ0v) is 22.4. The van der Waals surface area contributed by atoms with Crippen molar-refractivity contribution in [1.82, 2.24) is 14.9 Å². The van der Waals surface area contributed by atoms with Crippen LogP contribution in [0.25, 0.3) is 0 Å².